The maximum atomic E-state index is 6.13. The van der Waals surface area contributed by atoms with Gasteiger partial charge < -0.3 is 13.9 Å². The van der Waals surface area contributed by atoms with E-state index in [1.165, 1.54) is 0 Å². The Labute approximate surface area is 147 Å². The average molecular weight is 335 g/mol. The van der Waals surface area contributed by atoms with Crippen molar-refractivity contribution in [2.75, 3.05) is 13.2 Å². The SMILES string of the molecule is c1ccc(-c2nc(CCCC3OCCO3)oc2-c2ccccc2)cc1. The van der Waals surface area contributed by atoms with Gasteiger partial charge in [0.1, 0.15) is 5.69 Å². The minimum atomic E-state index is -0.0721. The fourth-order valence-electron chi connectivity index (χ4n) is 3.04. The third-order valence-electron chi connectivity index (χ3n) is 4.28. The molecular formula is C21H21NO3. The van der Waals surface area contributed by atoms with E-state index in [4.69, 9.17) is 18.9 Å². The van der Waals surface area contributed by atoms with Gasteiger partial charge in [-0.3, -0.25) is 0 Å². The molecule has 0 atom stereocenters. The predicted octanol–water partition coefficient (Wildman–Crippen LogP) is 4.70. The molecule has 1 aromatic heterocycles. The Morgan fingerprint density at radius 2 is 1.48 bits per heavy atom. The number of aromatic nitrogens is 1. The number of rotatable bonds is 6. The number of hydrogen-bond donors (Lipinski definition) is 0. The van der Waals surface area contributed by atoms with E-state index in [-0.39, 0.29) is 6.29 Å². The van der Waals surface area contributed by atoms with Crippen LogP contribution in [0.25, 0.3) is 22.6 Å². The van der Waals surface area contributed by atoms with Crippen molar-refractivity contribution in [1.29, 1.82) is 0 Å². The van der Waals surface area contributed by atoms with Crippen LogP contribution in [0, 0.1) is 0 Å². The van der Waals surface area contributed by atoms with Gasteiger partial charge in [-0.25, -0.2) is 4.98 Å². The molecule has 2 heterocycles. The molecule has 0 amide bonds. The zero-order valence-corrected chi connectivity index (χ0v) is 14.1. The zero-order valence-electron chi connectivity index (χ0n) is 14.1. The standard InChI is InChI=1S/C21H21NO3/c1-3-8-16(9-4-1)20-21(17-10-5-2-6-11-17)25-18(22-20)12-7-13-19-23-14-15-24-19/h1-6,8-11,19H,7,12-15H2. The normalized spacial score (nSPS) is 14.9. The highest BCUT2D eigenvalue weighted by Crippen LogP contribution is 2.33. The van der Waals surface area contributed by atoms with Crippen LogP contribution in [0.2, 0.25) is 0 Å². The molecule has 3 aromatic rings. The van der Waals surface area contributed by atoms with Crippen LogP contribution in [-0.4, -0.2) is 24.5 Å². The number of aryl methyl sites for hydroxylation is 1. The molecule has 128 valence electrons. The Morgan fingerprint density at radius 1 is 0.840 bits per heavy atom. The summed E-state index contributed by atoms with van der Waals surface area (Å²) in [5.41, 5.74) is 3.01. The van der Waals surface area contributed by atoms with Crippen molar-refractivity contribution >= 4 is 0 Å². The minimum Gasteiger partial charge on any atom is -0.440 e. The Bertz CT molecular complexity index is 736. The molecule has 1 aliphatic heterocycles. The quantitative estimate of drug-likeness (QED) is 0.655. The second kappa shape index (κ2) is 7.64. The Kier molecular flexibility index (Phi) is 4.91. The molecular weight excluding hydrogens is 314 g/mol. The van der Waals surface area contributed by atoms with Crippen LogP contribution < -0.4 is 0 Å². The fraction of sp³-hybridized carbons (Fsp3) is 0.286. The second-order valence-electron chi connectivity index (χ2n) is 6.08. The summed E-state index contributed by atoms with van der Waals surface area (Å²) in [4.78, 5) is 4.77. The summed E-state index contributed by atoms with van der Waals surface area (Å²) in [5.74, 6) is 1.59. The van der Waals surface area contributed by atoms with Crippen molar-refractivity contribution < 1.29 is 13.9 Å². The van der Waals surface area contributed by atoms with Crippen LogP contribution in [-0.2, 0) is 15.9 Å². The molecule has 1 saturated heterocycles. The first-order chi connectivity index (χ1) is 12.4. The highest BCUT2D eigenvalue weighted by molar-refractivity contribution is 5.76. The average Bonchev–Trinajstić information content (AvgIpc) is 3.33. The number of hydrogen-bond acceptors (Lipinski definition) is 4. The molecule has 0 saturated carbocycles. The summed E-state index contributed by atoms with van der Waals surface area (Å²) in [5, 5.41) is 0. The molecule has 0 radical (unpaired) electrons. The van der Waals surface area contributed by atoms with E-state index in [9.17, 15) is 0 Å². The molecule has 1 fully saturated rings. The van der Waals surface area contributed by atoms with E-state index in [2.05, 4.69) is 24.3 Å². The molecule has 0 bridgehead atoms. The lowest BCUT2D eigenvalue weighted by molar-refractivity contribution is -0.0477. The summed E-state index contributed by atoms with van der Waals surface area (Å²) in [7, 11) is 0. The first kappa shape index (κ1) is 16.1. The van der Waals surface area contributed by atoms with Gasteiger partial charge in [-0.15, -0.1) is 0 Å². The Hall–Kier alpha value is -2.43. The lowest BCUT2D eigenvalue weighted by Crippen LogP contribution is -2.07. The van der Waals surface area contributed by atoms with E-state index in [0.717, 1.165) is 47.7 Å². The van der Waals surface area contributed by atoms with Gasteiger partial charge in [-0.1, -0.05) is 60.7 Å². The van der Waals surface area contributed by atoms with Gasteiger partial charge in [-0.05, 0) is 12.8 Å². The number of nitrogens with zero attached hydrogens (tertiary/aromatic N) is 1. The molecule has 0 aliphatic carbocycles. The van der Waals surface area contributed by atoms with Crippen molar-refractivity contribution in [3.05, 3.63) is 66.6 Å². The largest absolute Gasteiger partial charge is 0.440 e. The van der Waals surface area contributed by atoms with Crippen LogP contribution in [0.4, 0.5) is 0 Å². The van der Waals surface area contributed by atoms with Gasteiger partial charge in [-0.2, -0.15) is 0 Å². The second-order valence-corrected chi connectivity index (χ2v) is 6.08. The Balaban J connectivity index is 1.57. The predicted molar refractivity (Wildman–Crippen MR) is 96.0 cm³/mol. The monoisotopic (exact) mass is 335 g/mol. The van der Waals surface area contributed by atoms with Gasteiger partial charge in [0, 0.05) is 17.5 Å². The zero-order chi connectivity index (χ0) is 16.9. The van der Waals surface area contributed by atoms with Gasteiger partial charge in [0.25, 0.3) is 0 Å². The molecule has 0 N–H and O–H groups in total. The maximum Gasteiger partial charge on any atom is 0.195 e. The van der Waals surface area contributed by atoms with Crippen LogP contribution in [0.1, 0.15) is 18.7 Å². The fourth-order valence-corrected chi connectivity index (χ4v) is 3.04. The van der Waals surface area contributed by atoms with E-state index >= 15 is 0 Å². The summed E-state index contributed by atoms with van der Waals surface area (Å²) in [6, 6.07) is 20.3. The summed E-state index contributed by atoms with van der Waals surface area (Å²) < 4.78 is 17.1. The highest BCUT2D eigenvalue weighted by Gasteiger charge is 2.18. The van der Waals surface area contributed by atoms with E-state index in [1.54, 1.807) is 0 Å². The lowest BCUT2D eigenvalue weighted by atomic mass is 10.1. The van der Waals surface area contributed by atoms with Gasteiger partial charge in [0.15, 0.2) is 17.9 Å². The first-order valence-electron chi connectivity index (χ1n) is 8.74. The smallest absolute Gasteiger partial charge is 0.195 e. The number of oxazole rings is 1. The molecule has 25 heavy (non-hydrogen) atoms. The van der Waals surface area contributed by atoms with E-state index in [1.807, 2.05) is 36.4 Å². The van der Waals surface area contributed by atoms with Crippen molar-refractivity contribution in [3.8, 4) is 22.6 Å². The van der Waals surface area contributed by atoms with Crippen LogP contribution in [0.5, 0.6) is 0 Å². The van der Waals surface area contributed by atoms with Crippen molar-refractivity contribution in [2.45, 2.75) is 25.6 Å². The van der Waals surface area contributed by atoms with Crippen molar-refractivity contribution in [3.63, 3.8) is 0 Å². The number of benzene rings is 2. The van der Waals surface area contributed by atoms with Crippen LogP contribution in [0.3, 0.4) is 0 Å². The van der Waals surface area contributed by atoms with Crippen molar-refractivity contribution in [1.82, 2.24) is 4.98 Å². The Morgan fingerprint density at radius 3 is 2.16 bits per heavy atom. The molecule has 4 heteroatoms. The summed E-state index contributed by atoms with van der Waals surface area (Å²) >= 11 is 0. The van der Waals surface area contributed by atoms with Gasteiger partial charge in [0.05, 0.1) is 13.2 Å². The third kappa shape index (κ3) is 3.81. The van der Waals surface area contributed by atoms with Crippen molar-refractivity contribution in [2.24, 2.45) is 0 Å². The van der Waals surface area contributed by atoms with Crippen LogP contribution in [0.15, 0.2) is 65.1 Å². The topological polar surface area (TPSA) is 44.5 Å². The molecule has 2 aromatic carbocycles. The van der Waals surface area contributed by atoms with E-state index < -0.39 is 0 Å². The molecule has 4 rings (SSSR count). The van der Waals surface area contributed by atoms with Crippen LogP contribution >= 0.6 is 0 Å². The summed E-state index contributed by atoms with van der Waals surface area (Å²) in [6.07, 6.45) is 2.49. The summed E-state index contributed by atoms with van der Waals surface area (Å²) in [6.45, 7) is 1.39. The van der Waals surface area contributed by atoms with Gasteiger partial charge in [0.2, 0.25) is 0 Å². The number of ether oxygens (including phenoxy) is 2. The molecule has 4 nitrogen and oxygen atoms in total. The molecule has 0 spiro atoms. The minimum absolute atomic E-state index is 0.0721. The maximum absolute atomic E-state index is 6.13. The lowest BCUT2D eigenvalue weighted by Gasteiger charge is -2.06. The van der Waals surface area contributed by atoms with Gasteiger partial charge >= 0.3 is 0 Å². The van der Waals surface area contributed by atoms with E-state index in [0.29, 0.717) is 13.2 Å². The molecule has 0 unspecified atom stereocenters. The molecule has 1 aliphatic rings. The highest BCUT2D eigenvalue weighted by atomic mass is 16.7. The third-order valence-corrected chi connectivity index (χ3v) is 4.28. The first-order valence-corrected chi connectivity index (χ1v) is 8.74.